The summed E-state index contributed by atoms with van der Waals surface area (Å²) in [6.45, 7) is 0.674. The van der Waals surface area contributed by atoms with Crippen molar-refractivity contribution in [3.8, 4) is 0 Å². The molecule has 0 bridgehead atoms. The average Bonchev–Trinajstić information content (AvgIpc) is 2.96. The molecule has 2 amide bonds. The van der Waals surface area contributed by atoms with Gasteiger partial charge in [0.05, 0.1) is 17.2 Å². The van der Waals surface area contributed by atoms with Crippen molar-refractivity contribution < 1.29 is 35.9 Å². The van der Waals surface area contributed by atoms with Crippen LogP contribution in [-0.4, -0.2) is 25.3 Å². The minimum Gasteiger partial charge on any atom is -0.376 e. The van der Waals surface area contributed by atoms with Crippen LogP contribution in [0.25, 0.3) is 0 Å². The Labute approximate surface area is 133 Å². The summed E-state index contributed by atoms with van der Waals surface area (Å²) in [6.07, 6.45) is -8.58. The zero-order valence-corrected chi connectivity index (χ0v) is 12.2. The van der Waals surface area contributed by atoms with Crippen molar-refractivity contribution in [2.24, 2.45) is 0 Å². The number of benzene rings is 1. The number of ether oxygens (including phenoxy) is 1. The first-order chi connectivity index (χ1) is 11.1. The third-order valence-corrected chi connectivity index (χ3v) is 3.36. The zero-order chi connectivity index (χ0) is 18.0. The number of carbonyl (C=O) groups is 1. The summed E-state index contributed by atoms with van der Waals surface area (Å²) >= 11 is 0. The number of anilines is 1. The van der Waals surface area contributed by atoms with E-state index < -0.39 is 35.2 Å². The Morgan fingerprint density at radius 2 is 1.67 bits per heavy atom. The molecule has 0 aliphatic carbocycles. The summed E-state index contributed by atoms with van der Waals surface area (Å²) in [5.74, 6) is 0. The molecule has 0 saturated carbocycles. The van der Waals surface area contributed by atoms with Crippen molar-refractivity contribution in [2.45, 2.75) is 31.3 Å². The molecule has 2 rings (SSSR count). The summed E-state index contributed by atoms with van der Waals surface area (Å²) in [5.41, 5.74) is -3.58. The quantitative estimate of drug-likeness (QED) is 0.804. The first kappa shape index (κ1) is 18.4. The van der Waals surface area contributed by atoms with Crippen LogP contribution in [0.1, 0.15) is 24.0 Å². The van der Waals surface area contributed by atoms with Gasteiger partial charge >= 0.3 is 18.4 Å². The van der Waals surface area contributed by atoms with Gasteiger partial charge < -0.3 is 15.4 Å². The Morgan fingerprint density at radius 3 is 2.12 bits per heavy atom. The monoisotopic (exact) mass is 356 g/mol. The van der Waals surface area contributed by atoms with Crippen LogP contribution < -0.4 is 10.6 Å². The fourth-order valence-corrected chi connectivity index (χ4v) is 2.21. The van der Waals surface area contributed by atoms with Gasteiger partial charge in [0.15, 0.2) is 0 Å². The van der Waals surface area contributed by atoms with E-state index in [1.165, 1.54) is 0 Å². The fraction of sp³-hybridized carbons (Fsp3) is 0.500. The number of urea groups is 1. The van der Waals surface area contributed by atoms with Crippen LogP contribution in [-0.2, 0) is 17.1 Å². The maximum absolute atomic E-state index is 12.7. The second-order valence-electron chi connectivity index (χ2n) is 5.26. The van der Waals surface area contributed by atoms with Gasteiger partial charge in [0.25, 0.3) is 0 Å². The van der Waals surface area contributed by atoms with Gasteiger partial charge in [-0.3, -0.25) is 0 Å². The minimum absolute atomic E-state index is 0.00451. The molecule has 24 heavy (non-hydrogen) atoms. The largest absolute Gasteiger partial charge is 0.416 e. The lowest BCUT2D eigenvalue weighted by Gasteiger charge is -2.16. The van der Waals surface area contributed by atoms with E-state index in [2.05, 4.69) is 5.32 Å². The molecular formula is C14H14F6N2O2. The Bertz CT molecular complexity index is 562. The predicted octanol–water partition coefficient (Wildman–Crippen LogP) is 4.02. The van der Waals surface area contributed by atoms with Gasteiger partial charge in [-0.05, 0) is 31.0 Å². The molecule has 4 nitrogen and oxygen atoms in total. The van der Waals surface area contributed by atoms with Crippen LogP contribution in [0.5, 0.6) is 0 Å². The number of amides is 2. The number of hydrogen-bond donors (Lipinski definition) is 2. The molecule has 1 aliphatic rings. The van der Waals surface area contributed by atoms with Gasteiger partial charge in [0.1, 0.15) is 0 Å². The topological polar surface area (TPSA) is 50.4 Å². The SMILES string of the molecule is O=C(NCC1CCCO1)Nc1cc(C(F)(F)F)cc(C(F)(F)F)c1. The highest BCUT2D eigenvalue weighted by molar-refractivity contribution is 5.89. The molecule has 134 valence electrons. The van der Waals surface area contributed by atoms with Gasteiger partial charge in [0.2, 0.25) is 0 Å². The minimum atomic E-state index is -4.97. The lowest BCUT2D eigenvalue weighted by molar-refractivity contribution is -0.143. The molecule has 1 saturated heterocycles. The van der Waals surface area contributed by atoms with Crippen molar-refractivity contribution >= 4 is 11.7 Å². The first-order valence-corrected chi connectivity index (χ1v) is 7.01. The van der Waals surface area contributed by atoms with Gasteiger partial charge in [-0.2, -0.15) is 26.3 Å². The van der Waals surface area contributed by atoms with E-state index in [0.29, 0.717) is 18.7 Å². The second kappa shape index (κ2) is 6.88. The molecule has 10 heteroatoms. The van der Waals surface area contributed by atoms with E-state index in [0.717, 1.165) is 12.8 Å². The van der Waals surface area contributed by atoms with Crippen molar-refractivity contribution in [2.75, 3.05) is 18.5 Å². The van der Waals surface area contributed by atoms with Crippen molar-refractivity contribution in [1.82, 2.24) is 5.32 Å². The highest BCUT2D eigenvalue weighted by Crippen LogP contribution is 2.37. The van der Waals surface area contributed by atoms with Crippen LogP contribution in [0.2, 0.25) is 0 Å². The van der Waals surface area contributed by atoms with Crippen molar-refractivity contribution in [3.63, 3.8) is 0 Å². The number of alkyl halides is 6. The third-order valence-electron chi connectivity index (χ3n) is 3.36. The molecule has 1 aliphatic heterocycles. The average molecular weight is 356 g/mol. The highest BCUT2D eigenvalue weighted by Gasteiger charge is 2.37. The molecule has 1 atom stereocenters. The van der Waals surface area contributed by atoms with E-state index in [-0.39, 0.29) is 18.7 Å². The second-order valence-corrected chi connectivity index (χ2v) is 5.26. The molecule has 0 radical (unpaired) electrons. The third kappa shape index (κ3) is 5.02. The van der Waals surface area contributed by atoms with Crippen LogP contribution >= 0.6 is 0 Å². The van der Waals surface area contributed by atoms with Gasteiger partial charge in [-0.15, -0.1) is 0 Å². The Kier molecular flexibility index (Phi) is 5.26. The smallest absolute Gasteiger partial charge is 0.376 e. The van der Waals surface area contributed by atoms with Gasteiger partial charge in [-0.25, -0.2) is 4.79 Å². The van der Waals surface area contributed by atoms with E-state index in [9.17, 15) is 31.1 Å². The van der Waals surface area contributed by atoms with Gasteiger partial charge in [0, 0.05) is 18.8 Å². The van der Waals surface area contributed by atoms with Crippen LogP contribution in [0.3, 0.4) is 0 Å². The molecule has 0 aromatic heterocycles. The summed E-state index contributed by atoms with van der Waals surface area (Å²) in [4.78, 5) is 11.7. The molecule has 1 fully saturated rings. The number of nitrogens with one attached hydrogen (secondary N) is 2. The van der Waals surface area contributed by atoms with Crippen molar-refractivity contribution in [3.05, 3.63) is 29.3 Å². The molecule has 1 aromatic rings. The summed E-state index contributed by atoms with van der Waals surface area (Å²) in [5, 5.41) is 4.34. The van der Waals surface area contributed by atoms with Crippen LogP contribution in [0.4, 0.5) is 36.8 Å². The molecular weight excluding hydrogens is 342 g/mol. The summed E-state index contributed by atoms with van der Waals surface area (Å²) < 4.78 is 81.5. The predicted molar refractivity (Wildman–Crippen MR) is 72.4 cm³/mol. The number of hydrogen-bond acceptors (Lipinski definition) is 2. The standard InChI is InChI=1S/C14H14F6N2O2/c15-13(16,17)8-4-9(14(18,19)20)6-10(5-8)22-12(23)21-7-11-2-1-3-24-11/h4-6,11H,1-3,7H2,(H2,21,22,23). The van der Waals surface area contributed by atoms with Crippen molar-refractivity contribution in [1.29, 1.82) is 0 Å². The summed E-state index contributed by atoms with van der Waals surface area (Å²) in [6, 6.07) is -0.0185. The lowest BCUT2D eigenvalue weighted by Crippen LogP contribution is -2.35. The first-order valence-electron chi connectivity index (χ1n) is 7.01. The molecule has 1 aromatic carbocycles. The Morgan fingerprint density at radius 1 is 1.08 bits per heavy atom. The highest BCUT2D eigenvalue weighted by atomic mass is 19.4. The molecule has 1 heterocycles. The maximum Gasteiger partial charge on any atom is 0.416 e. The van der Waals surface area contributed by atoms with Crippen LogP contribution in [0.15, 0.2) is 18.2 Å². The number of halogens is 6. The Balaban J connectivity index is 2.11. The van der Waals surface area contributed by atoms with E-state index >= 15 is 0 Å². The normalized spacial score (nSPS) is 18.5. The number of rotatable bonds is 3. The Hall–Kier alpha value is -1.97. The maximum atomic E-state index is 12.7. The van der Waals surface area contributed by atoms with Crippen LogP contribution in [0, 0.1) is 0 Å². The van der Waals surface area contributed by atoms with E-state index in [4.69, 9.17) is 4.74 Å². The molecule has 1 unspecified atom stereocenters. The van der Waals surface area contributed by atoms with E-state index in [1.807, 2.05) is 5.32 Å². The fourth-order valence-electron chi connectivity index (χ4n) is 2.21. The molecule has 0 spiro atoms. The molecule has 2 N–H and O–H groups in total. The van der Waals surface area contributed by atoms with E-state index in [1.54, 1.807) is 0 Å². The zero-order valence-electron chi connectivity index (χ0n) is 12.2. The lowest BCUT2D eigenvalue weighted by atomic mass is 10.1. The van der Waals surface area contributed by atoms with Gasteiger partial charge in [-0.1, -0.05) is 0 Å². The summed E-state index contributed by atoms with van der Waals surface area (Å²) in [7, 11) is 0. The number of carbonyl (C=O) groups excluding carboxylic acids is 1.